The van der Waals surface area contributed by atoms with Crippen molar-refractivity contribution in [3.05, 3.63) is 21.9 Å². The van der Waals surface area contributed by atoms with Gasteiger partial charge < -0.3 is 9.80 Å². The first-order valence-corrected chi connectivity index (χ1v) is 9.52. The predicted molar refractivity (Wildman–Crippen MR) is 95.8 cm³/mol. The minimum atomic E-state index is -0.0474. The molecule has 2 aliphatic rings. The van der Waals surface area contributed by atoms with E-state index in [-0.39, 0.29) is 5.41 Å². The summed E-state index contributed by atoms with van der Waals surface area (Å²) < 4.78 is 0. The Labute approximate surface area is 144 Å². The lowest BCUT2D eigenvalue weighted by Gasteiger charge is -2.37. The van der Waals surface area contributed by atoms with Crippen molar-refractivity contribution in [1.29, 1.82) is 0 Å². The van der Waals surface area contributed by atoms with Gasteiger partial charge in [-0.2, -0.15) is 0 Å². The van der Waals surface area contributed by atoms with Gasteiger partial charge >= 0.3 is 0 Å². The first kappa shape index (κ1) is 16.9. The minimum Gasteiger partial charge on any atom is -0.341 e. The molecule has 0 aromatic carbocycles. The Hall–Kier alpha value is -0.910. The monoisotopic (exact) mass is 335 g/mol. The van der Waals surface area contributed by atoms with Gasteiger partial charge in [-0.3, -0.25) is 9.69 Å². The molecule has 0 radical (unpaired) electrons. The average molecular weight is 336 g/mol. The van der Waals surface area contributed by atoms with Crippen molar-refractivity contribution in [2.45, 2.75) is 32.7 Å². The first-order chi connectivity index (χ1) is 11.0. The van der Waals surface area contributed by atoms with Gasteiger partial charge in [-0.1, -0.05) is 0 Å². The molecule has 2 saturated heterocycles. The van der Waals surface area contributed by atoms with E-state index in [0.29, 0.717) is 5.91 Å². The maximum atomic E-state index is 12.9. The zero-order chi connectivity index (χ0) is 16.4. The van der Waals surface area contributed by atoms with Crippen LogP contribution in [0.4, 0.5) is 0 Å². The smallest absolute Gasteiger partial charge is 0.228 e. The Bertz CT molecular complexity index is 546. The molecule has 128 valence electrons. The van der Waals surface area contributed by atoms with Crippen LogP contribution in [-0.2, 0) is 11.3 Å². The molecule has 23 heavy (non-hydrogen) atoms. The molecule has 0 N–H and O–H groups in total. The van der Waals surface area contributed by atoms with Crippen LogP contribution in [0.3, 0.4) is 0 Å². The Morgan fingerprint density at radius 1 is 1.17 bits per heavy atom. The van der Waals surface area contributed by atoms with Crippen molar-refractivity contribution in [3.8, 4) is 0 Å². The third-order valence-electron chi connectivity index (χ3n) is 5.41. The van der Waals surface area contributed by atoms with Crippen molar-refractivity contribution in [2.75, 3.05) is 46.8 Å². The van der Waals surface area contributed by atoms with Gasteiger partial charge in [-0.05, 0) is 65.5 Å². The molecule has 2 aliphatic heterocycles. The fourth-order valence-corrected chi connectivity index (χ4v) is 4.75. The van der Waals surface area contributed by atoms with Gasteiger partial charge in [0.1, 0.15) is 0 Å². The van der Waals surface area contributed by atoms with Crippen LogP contribution in [0.1, 0.15) is 29.0 Å². The molecule has 0 saturated carbocycles. The maximum Gasteiger partial charge on any atom is 0.228 e. The highest BCUT2D eigenvalue weighted by molar-refractivity contribution is 7.11. The highest BCUT2D eigenvalue weighted by Crippen LogP contribution is 2.41. The van der Waals surface area contributed by atoms with Crippen LogP contribution in [0.15, 0.2) is 12.1 Å². The standard InChI is InChI=1S/C18H29N3OS/c1-15-4-5-16(23-15)14-20-9-6-18(7-10-20)8-11-21(17(18)22)13-12-19(2)3/h4-5H,6-14H2,1-3H3. The molecule has 3 heterocycles. The topological polar surface area (TPSA) is 26.8 Å². The normalized spacial score (nSPS) is 21.7. The molecule has 1 amide bonds. The molecular weight excluding hydrogens is 306 g/mol. The second-order valence-corrected chi connectivity index (χ2v) is 8.79. The molecule has 1 aromatic heterocycles. The summed E-state index contributed by atoms with van der Waals surface area (Å²) in [5, 5.41) is 0. The number of amides is 1. The molecule has 4 nitrogen and oxygen atoms in total. The van der Waals surface area contributed by atoms with E-state index in [1.165, 1.54) is 9.75 Å². The van der Waals surface area contributed by atoms with Crippen LogP contribution < -0.4 is 0 Å². The number of thiophene rings is 1. The fraction of sp³-hybridized carbons (Fsp3) is 0.722. The second-order valence-electron chi connectivity index (χ2n) is 7.41. The van der Waals surface area contributed by atoms with Crippen molar-refractivity contribution in [2.24, 2.45) is 5.41 Å². The second kappa shape index (κ2) is 6.91. The molecule has 2 fully saturated rings. The highest BCUT2D eigenvalue weighted by atomic mass is 32.1. The average Bonchev–Trinajstić information content (AvgIpc) is 3.05. The lowest BCUT2D eigenvalue weighted by atomic mass is 9.77. The van der Waals surface area contributed by atoms with E-state index < -0.39 is 0 Å². The predicted octanol–water partition coefficient (Wildman–Crippen LogP) is 2.43. The Morgan fingerprint density at radius 3 is 2.48 bits per heavy atom. The molecule has 1 spiro atoms. The largest absolute Gasteiger partial charge is 0.341 e. The number of nitrogens with zero attached hydrogens (tertiary/aromatic N) is 3. The number of hydrogen-bond donors (Lipinski definition) is 0. The number of aryl methyl sites for hydroxylation is 1. The Balaban J connectivity index is 1.52. The van der Waals surface area contributed by atoms with E-state index in [9.17, 15) is 4.79 Å². The van der Waals surface area contributed by atoms with Gasteiger partial charge in [0, 0.05) is 35.9 Å². The molecule has 0 aliphatic carbocycles. The molecule has 0 atom stereocenters. The number of carbonyl (C=O) groups excluding carboxylic acids is 1. The summed E-state index contributed by atoms with van der Waals surface area (Å²) in [5.74, 6) is 0.422. The number of likely N-dealkylation sites (N-methyl/N-ethyl adjacent to an activating group) is 1. The Morgan fingerprint density at radius 2 is 1.87 bits per heavy atom. The van der Waals surface area contributed by atoms with Crippen LogP contribution in [0, 0.1) is 12.3 Å². The quantitative estimate of drug-likeness (QED) is 0.827. The summed E-state index contributed by atoms with van der Waals surface area (Å²) in [6.07, 6.45) is 3.13. The lowest BCUT2D eigenvalue weighted by Crippen LogP contribution is -2.45. The Kier molecular flexibility index (Phi) is 5.09. The van der Waals surface area contributed by atoms with Crippen molar-refractivity contribution in [3.63, 3.8) is 0 Å². The number of likely N-dealkylation sites (tertiary alicyclic amines) is 2. The molecule has 5 heteroatoms. The molecular formula is C18H29N3OS. The van der Waals surface area contributed by atoms with E-state index in [4.69, 9.17) is 0 Å². The highest BCUT2D eigenvalue weighted by Gasteiger charge is 2.47. The van der Waals surface area contributed by atoms with Gasteiger partial charge in [0.05, 0.1) is 5.41 Å². The van der Waals surface area contributed by atoms with Crippen LogP contribution in [-0.4, -0.2) is 67.4 Å². The van der Waals surface area contributed by atoms with Crippen molar-refractivity contribution < 1.29 is 4.79 Å². The maximum absolute atomic E-state index is 12.9. The summed E-state index contributed by atoms with van der Waals surface area (Å²) in [4.78, 5) is 22.5. The number of carbonyl (C=O) groups is 1. The SMILES string of the molecule is Cc1ccc(CN2CCC3(CC2)CCN(CCN(C)C)C3=O)s1. The van der Waals surface area contributed by atoms with E-state index in [0.717, 1.165) is 58.5 Å². The van der Waals surface area contributed by atoms with Crippen LogP contribution >= 0.6 is 11.3 Å². The number of rotatable bonds is 5. The van der Waals surface area contributed by atoms with Gasteiger partial charge in [0.25, 0.3) is 0 Å². The van der Waals surface area contributed by atoms with E-state index in [1.807, 2.05) is 11.3 Å². The minimum absolute atomic E-state index is 0.0474. The number of piperidine rings is 1. The van der Waals surface area contributed by atoms with Gasteiger partial charge in [-0.25, -0.2) is 0 Å². The molecule has 0 bridgehead atoms. The molecule has 3 rings (SSSR count). The molecule has 0 unspecified atom stereocenters. The summed E-state index contributed by atoms with van der Waals surface area (Å²) in [7, 11) is 4.14. The fourth-order valence-electron chi connectivity index (χ4n) is 3.82. The number of hydrogen-bond acceptors (Lipinski definition) is 4. The van der Waals surface area contributed by atoms with Gasteiger partial charge in [0.2, 0.25) is 5.91 Å². The van der Waals surface area contributed by atoms with Gasteiger partial charge in [-0.15, -0.1) is 11.3 Å². The van der Waals surface area contributed by atoms with Gasteiger partial charge in [0.15, 0.2) is 0 Å². The summed E-state index contributed by atoms with van der Waals surface area (Å²) in [6.45, 7) is 8.13. The van der Waals surface area contributed by atoms with Crippen LogP contribution in [0.25, 0.3) is 0 Å². The van der Waals surface area contributed by atoms with Crippen LogP contribution in [0.5, 0.6) is 0 Å². The summed E-state index contributed by atoms with van der Waals surface area (Å²) in [6, 6.07) is 4.45. The van der Waals surface area contributed by atoms with Crippen molar-refractivity contribution >= 4 is 17.2 Å². The molecule has 1 aromatic rings. The summed E-state index contributed by atoms with van der Waals surface area (Å²) in [5.41, 5.74) is -0.0474. The van der Waals surface area contributed by atoms with E-state index in [2.05, 4.69) is 47.9 Å². The zero-order valence-electron chi connectivity index (χ0n) is 14.7. The van der Waals surface area contributed by atoms with Crippen LogP contribution in [0.2, 0.25) is 0 Å². The third-order valence-corrected chi connectivity index (χ3v) is 6.39. The zero-order valence-corrected chi connectivity index (χ0v) is 15.5. The lowest BCUT2D eigenvalue weighted by molar-refractivity contribution is -0.138. The van der Waals surface area contributed by atoms with E-state index >= 15 is 0 Å². The van der Waals surface area contributed by atoms with Crippen molar-refractivity contribution in [1.82, 2.24) is 14.7 Å². The van der Waals surface area contributed by atoms with E-state index in [1.54, 1.807) is 0 Å². The third kappa shape index (κ3) is 3.78. The summed E-state index contributed by atoms with van der Waals surface area (Å²) >= 11 is 1.89. The first-order valence-electron chi connectivity index (χ1n) is 8.70.